The van der Waals surface area contributed by atoms with Crippen molar-refractivity contribution in [3.05, 3.63) is 35.9 Å². The van der Waals surface area contributed by atoms with Crippen LogP contribution in [0.15, 0.2) is 24.4 Å². The van der Waals surface area contributed by atoms with Crippen molar-refractivity contribution in [2.45, 2.75) is 26.3 Å². The molecule has 1 heterocycles. The van der Waals surface area contributed by atoms with E-state index < -0.39 is 0 Å². The molecule has 1 aromatic heterocycles. The second kappa shape index (κ2) is 4.57. The van der Waals surface area contributed by atoms with E-state index in [1.165, 1.54) is 12.8 Å². The lowest BCUT2D eigenvalue weighted by atomic mass is 9.94. The Balaban J connectivity index is 1.48. The Morgan fingerprint density at radius 3 is 3.00 bits per heavy atom. The molecule has 0 aliphatic heterocycles. The van der Waals surface area contributed by atoms with Crippen LogP contribution in [0.2, 0.25) is 0 Å². The van der Waals surface area contributed by atoms with Crippen molar-refractivity contribution in [1.82, 2.24) is 15.3 Å². The highest BCUT2D eigenvalue weighted by Gasteiger charge is 2.34. The van der Waals surface area contributed by atoms with Gasteiger partial charge in [-0.2, -0.15) is 0 Å². The van der Waals surface area contributed by atoms with Crippen molar-refractivity contribution in [2.24, 2.45) is 17.8 Å². The molecule has 2 bridgehead atoms. The van der Waals surface area contributed by atoms with Gasteiger partial charge in [-0.15, -0.1) is 0 Å². The fraction of sp³-hybridized carbons (Fsp3) is 0.571. The predicted molar refractivity (Wildman–Crippen MR) is 67.3 cm³/mol. The van der Waals surface area contributed by atoms with E-state index in [1.54, 1.807) is 0 Å². The van der Waals surface area contributed by atoms with Crippen LogP contribution in [0.4, 0.5) is 0 Å². The lowest BCUT2D eigenvalue weighted by molar-refractivity contribution is 0.413. The minimum Gasteiger partial charge on any atom is -0.311 e. The highest BCUT2D eigenvalue weighted by atomic mass is 14.9. The Morgan fingerprint density at radius 2 is 2.29 bits per heavy atom. The highest BCUT2D eigenvalue weighted by molar-refractivity contribution is 5.10. The van der Waals surface area contributed by atoms with Gasteiger partial charge in [0, 0.05) is 12.7 Å². The topological polar surface area (TPSA) is 37.8 Å². The van der Waals surface area contributed by atoms with Crippen molar-refractivity contribution >= 4 is 0 Å². The molecule has 2 aliphatic carbocycles. The fourth-order valence-corrected chi connectivity index (χ4v) is 3.12. The number of hydrogen-bond acceptors (Lipinski definition) is 3. The van der Waals surface area contributed by atoms with E-state index in [0.717, 1.165) is 42.4 Å². The zero-order chi connectivity index (χ0) is 11.7. The summed E-state index contributed by atoms with van der Waals surface area (Å²) in [6.45, 7) is 3.92. The fourth-order valence-electron chi connectivity index (χ4n) is 3.12. The quantitative estimate of drug-likeness (QED) is 0.803. The molecule has 2 aliphatic rings. The van der Waals surface area contributed by atoms with Gasteiger partial charge in [-0.25, -0.2) is 9.97 Å². The molecule has 0 spiro atoms. The number of fused-ring (bicyclic) bond motifs is 2. The number of aromatic nitrogens is 2. The second-order valence-corrected chi connectivity index (χ2v) is 5.27. The van der Waals surface area contributed by atoms with E-state index in [1.807, 2.05) is 19.2 Å². The molecular formula is C14H19N3. The molecule has 0 saturated heterocycles. The van der Waals surface area contributed by atoms with Gasteiger partial charge in [0.05, 0.1) is 5.69 Å². The van der Waals surface area contributed by atoms with E-state index in [9.17, 15) is 0 Å². The van der Waals surface area contributed by atoms with E-state index in [4.69, 9.17) is 0 Å². The highest BCUT2D eigenvalue weighted by Crippen LogP contribution is 2.42. The summed E-state index contributed by atoms with van der Waals surface area (Å²) in [5.74, 6) is 3.40. The maximum Gasteiger partial charge on any atom is 0.125 e. The number of hydrogen-bond donors (Lipinski definition) is 1. The Hall–Kier alpha value is -1.22. The Kier molecular flexibility index (Phi) is 2.93. The number of allylic oxidation sites excluding steroid dienone is 2. The maximum absolute atomic E-state index is 4.40. The van der Waals surface area contributed by atoms with Crippen molar-refractivity contribution in [3.63, 3.8) is 0 Å². The SMILES string of the molecule is Cc1nccc(CNCC2CC3C=CC2C3)n1. The van der Waals surface area contributed by atoms with Crippen molar-refractivity contribution in [1.29, 1.82) is 0 Å². The molecule has 3 unspecified atom stereocenters. The van der Waals surface area contributed by atoms with E-state index in [2.05, 4.69) is 27.4 Å². The van der Waals surface area contributed by atoms with Gasteiger partial charge in [0.25, 0.3) is 0 Å². The monoisotopic (exact) mass is 229 g/mol. The Morgan fingerprint density at radius 1 is 1.35 bits per heavy atom. The third-order valence-corrected chi connectivity index (χ3v) is 3.96. The first-order valence-corrected chi connectivity index (χ1v) is 6.49. The van der Waals surface area contributed by atoms with E-state index >= 15 is 0 Å². The number of nitrogens with zero attached hydrogens (tertiary/aromatic N) is 2. The molecule has 1 saturated carbocycles. The summed E-state index contributed by atoms with van der Waals surface area (Å²) in [6, 6.07) is 1.99. The molecule has 0 radical (unpaired) electrons. The van der Waals surface area contributed by atoms with Crippen LogP contribution >= 0.6 is 0 Å². The molecular weight excluding hydrogens is 210 g/mol. The normalized spacial score (nSPS) is 30.1. The Bertz CT molecular complexity index is 427. The Labute approximate surface area is 102 Å². The van der Waals surface area contributed by atoms with Crippen LogP contribution in [-0.2, 0) is 6.54 Å². The molecule has 0 aromatic carbocycles. The molecule has 0 amide bonds. The van der Waals surface area contributed by atoms with Crippen LogP contribution in [0, 0.1) is 24.7 Å². The van der Waals surface area contributed by atoms with Crippen molar-refractivity contribution in [3.8, 4) is 0 Å². The lowest BCUT2D eigenvalue weighted by Gasteiger charge is -2.18. The maximum atomic E-state index is 4.40. The van der Waals surface area contributed by atoms with Gasteiger partial charge < -0.3 is 5.32 Å². The molecule has 3 atom stereocenters. The van der Waals surface area contributed by atoms with Gasteiger partial charge in [0.1, 0.15) is 5.82 Å². The molecule has 1 fully saturated rings. The third kappa shape index (κ3) is 2.39. The molecule has 1 aromatic rings. The summed E-state index contributed by atoms with van der Waals surface area (Å²) < 4.78 is 0. The number of aryl methyl sites for hydroxylation is 1. The first-order valence-electron chi connectivity index (χ1n) is 6.49. The summed E-state index contributed by atoms with van der Waals surface area (Å²) in [4.78, 5) is 8.51. The molecule has 17 heavy (non-hydrogen) atoms. The van der Waals surface area contributed by atoms with Gasteiger partial charge in [0.2, 0.25) is 0 Å². The zero-order valence-electron chi connectivity index (χ0n) is 10.3. The van der Waals surface area contributed by atoms with Crippen LogP contribution in [-0.4, -0.2) is 16.5 Å². The molecule has 3 rings (SSSR count). The zero-order valence-corrected chi connectivity index (χ0v) is 10.3. The standard InChI is InChI=1S/C14H19N3/c1-10-16-5-4-14(17-10)9-15-8-13-7-11-2-3-12(13)6-11/h2-5,11-13,15H,6-9H2,1H3. The second-order valence-electron chi connectivity index (χ2n) is 5.27. The summed E-state index contributed by atoms with van der Waals surface area (Å²) in [5, 5.41) is 3.53. The minimum absolute atomic E-state index is 0.833. The summed E-state index contributed by atoms with van der Waals surface area (Å²) in [7, 11) is 0. The van der Waals surface area contributed by atoms with Gasteiger partial charge in [0.15, 0.2) is 0 Å². The van der Waals surface area contributed by atoms with Crippen LogP contribution in [0.5, 0.6) is 0 Å². The first kappa shape index (κ1) is 10.9. The van der Waals surface area contributed by atoms with Crippen LogP contribution in [0.25, 0.3) is 0 Å². The summed E-state index contributed by atoms with van der Waals surface area (Å²) in [6.07, 6.45) is 9.40. The number of nitrogens with one attached hydrogen (secondary N) is 1. The minimum atomic E-state index is 0.833. The molecule has 3 heteroatoms. The average Bonchev–Trinajstić information content (AvgIpc) is 2.91. The molecule has 1 N–H and O–H groups in total. The third-order valence-electron chi connectivity index (χ3n) is 3.96. The first-order chi connectivity index (χ1) is 8.31. The van der Waals surface area contributed by atoms with Crippen LogP contribution in [0.3, 0.4) is 0 Å². The lowest BCUT2D eigenvalue weighted by Crippen LogP contribution is -2.25. The van der Waals surface area contributed by atoms with Crippen LogP contribution in [0.1, 0.15) is 24.4 Å². The predicted octanol–water partition coefficient (Wildman–Crippen LogP) is 2.09. The van der Waals surface area contributed by atoms with Crippen molar-refractivity contribution in [2.75, 3.05) is 6.54 Å². The van der Waals surface area contributed by atoms with Gasteiger partial charge in [-0.1, -0.05) is 12.2 Å². The molecule has 3 nitrogen and oxygen atoms in total. The largest absolute Gasteiger partial charge is 0.311 e. The van der Waals surface area contributed by atoms with Gasteiger partial charge in [-0.3, -0.25) is 0 Å². The average molecular weight is 229 g/mol. The van der Waals surface area contributed by atoms with Crippen molar-refractivity contribution < 1.29 is 0 Å². The summed E-state index contributed by atoms with van der Waals surface area (Å²) in [5.41, 5.74) is 1.09. The summed E-state index contributed by atoms with van der Waals surface area (Å²) >= 11 is 0. The van der Waals surface area contributed by atoms with E-state index in [0.29, 0.717) is 0 Å². The number of rotatable bonds is 4. The smallest absolute Gasteiger partial charge is 0.125 e. The van der Waals surface area contributed by atoms with Gasteiger partial charge in [-0.05, 0) is 50.1 Å². The molecule has 90 valence electrons. The van der Waals surface area contributed by atoms with Crippen LogP contribution < -0.4 is 5.32 Å². The van der Waals surface area contributed by atoms with Gasteiger partial charge >= 0.3 is 0 Å². The van der Waals surface area contributed by atoms with E-state index in [-0.39, 0.29) is 0 Å².